The molecule has 0 saturated carbocycles. The number of hydrogen-bond donors (Lipinski definition) is 1. The van der Waals surface area contributed by atoms with Crippen molar-refractivity contribution in [2.75, 3.05) is 20.1 Å². The van der Waals surface area contributed by atoms with E-state index in [0.717, 1.165) is 47.7 Å². The van der Waals surface area contributed by atoms with E-state index < -0.39 is 0 Å². The number of nitrogens with zero attached hydrogens (tertiary/aromatic N) is 4. The van der Waals surface area contributed by atoms with Gasteiger partial charge in [-0.3, -0.25) is 4.99 Å². The molecule has 0 aromatic carbocycles. The van der Waals surface area contributed by atoms with E-state index in [2.05, 4.69) is 29.0 Å². The van der Waals surface area contributed by atoms with Crippen molar-refractivity contribution in [1.82, 2.24) is 19.8 Å². The standard InChI is InChI=1S/C16H24ClN5S.HI/c1-5-18-16(19-7-6-15-20-9-12(2)23-15)22(4)11-14-8-13(17)10-21(14)3;/h8-10H,5-7,11H2,1-4H3,(H,18,19);1H. The number of nitrogens with one attached hydrogen (secondary N) is 1. The molecule has 0 atom stereocenters. The van der Waals surface area contributed by atoms with E-state index in [4.69, 9.17) is 16.6 Å². The Morgan fingerprint density at radius 1 is 1.50 bits per heavy atom. The van der Waals surface area contributed by atoms with Crippen molar-refractivity contribution in [2.45, 2.75) is 26.8 Å². The Hall–Kier alpha value is -0.800. The SMILES string of the molecule is CCNC(=NCCc1ncc(C)s1)N(C)Cc1cc(Cl)cn1C.I. The molecule has 2 rings (SSSR count). The third-order valence-corrected chi connectivity index (χ3v) is 4.61. The van der Waals surface area contributed by atoms with Gasteiger partial charge in [-0.1, -0.05) is 11.6 Å². The Morgan fingerprint density at radius 2 is 2.25 bits per heavy atom. The molecule has 0 bridgehead atoms. The zero-order chi connectivity index (χ0) is 16.8. The molecule has 8 heteroatoms. The van der Waals surface area contributed by atoms with Crippen molar-refractivity contribution >= 4 is 52.9 Å². The lowest BCUT2D eigenvalue weighted by Gasteiger charge is -2.22. The van der Waals surface area contributed by atoms with E-state index in [0.29, 0.717) is 0 Å². The molecular weight excluding hydrogens is 457 g/mol. The lowest BCUT2D eigenvalue weighted by atomic mass is 10.4. The molecule has 0 radical (unpaired) electrons. The molecule has 0 aliphatic carbocycles. The predicted molar refractivity (Wildman–Crippen MR) is 114 cm³/mol. The van der Waals surface area contributed by atoms with Gasteiger partial charge in [0, 0.05) is 56.6 Å². The van der Waals surface area contributed by atoms with Crippen molar-refractivity contribution in [3.05, 3.63) is 39.1 Å². The molecule has 1 N–H and O–H groups in total. The molecule has 24 heavy (non-hydrogen) atoms. The maximum absolute atomic E-state index is 6.05. The first kappa shape index (κ1) is 21.2. The van der Waals surface area contributed by atoms with E-state index in [1.165, 1.54) is 4.88 Å². The number of hydrogen-bond acceptors (Lipinski definition) is 3. The normalized spacial score (nSPS) is 11.3. The summed E-state index contributed by atoms with van der Waals surface area (Å²) < 4.78 is 2.04. The first-order chi connectivity index (χ1) is 11.0. The van der Waals surface area contributed by atoms with Gasteiger partial charge in [0.25, 0.3) is 0 Å². The van der Waals surface area contributed by atoms with E-state index >= 15 is 0 Å². The zero-order valence-corrected chi connectivity index (χ0v) is 18.4. The minimum Gasteiger partial charge on any atom is -0.357 e. The summed E-state index contributed by atoms with van der Waals surface area (Å²) >= 11 is 7.79. The molecular formula is C16H25ClIN5S. The quantitative estimate of drug-likeness (QED) is 0.389. The second-order valence-corrected chi connectivity index (χ2v) is 7.22. The van der Waals surface area contributed by atoms with Crippen LogP contribution >= 0.6 is 46.9 Å². The number of aliphatic imine (C=N–C) groups is 1. The minimum atomic E-state index is 0. The van der Waals surface area contributed by atoms with Crippen LogP contribution in [0.1, 0.15) is 22.5 Å². The topological polar surface area (TPSA) is 45.5 Å². The average molecular weight is 482 g/mol. The van der Waals surface area contributed by atoms with Crippen molar-refractivity contribution in [3.8, 4) is 0 Å². The monoisotopic (exact) mass is 481 g/mol. The van der Waals surface area contributed by atoms with Crippen LogP contribution in [-0.2, 0) is 20.0 Å². The summed E-state index contributed by atoms with van der Waals surface area (Å²) in [5.74, 6) is 0.901. The lowest BCUT2D eigenvalue weighted by molar-refractivity contribution is 0.462. The van der Waals surface area contributed by atoms with Crippen molar-refractivity contribution in [1.29, 1.82) is 0 Å². The molecule has 2 heterocycles. The molecule has 134 valence electrons. The van der Waals surface area contributed by atoms with Crippen LogP contribution in [0, 0.1) is 6.92 Å². The second-order valence-electron chi connectivity index (χ2n) is 5.47. The van der Waals surface area contributed by atoms with Crippen molar-refractivity contribution in [3.63, 3.8) is 0 Å². The molecule has 0 aliphatic rings. The van der Waals surface area contributed by atoms with Gasteiger partial charge in [-0.15, -0.1) is 35.3 Å². The van der Waals surface area contributed by atoms with Crippen LogP contribution in [0.3, 0.4) is 0 Å². The van der Waals surface area contributed by atoms with E-state index in [1.807, 2.05) is 37.1 Å². The number of halogens is 2. The van der Waals surface area contributed by atoms with Gasteiger partial charge in [0.15, 0.2) is 5.96 Å². The van der Waals surface area contributed by atoms with Crippen LogP contribution < -0.4 is 5.32 Å². The van der Waals surface area contributed by atoms with Crippen molar-refractivity contribution in [2.24, 2.45) is 12.0 Å². The zero-order valence-electron chi connectivity index (χ0n) is 14.5. The highest BCUT2D eigenvalue weighted by Crippen LogP contribution is 2.14. The van der Waals surface area contributed by atoms with Gasteiger partial charge in [0.05, 0.1) is 16.6 Å². The number of aryl methyl sites for hydroxylation is 2. The summed E-state index contributed by atoms with van der Waals surface area (Å²) in [7, 11) is 4.04. The molecule has 5 nitrogen and oxygen atoms in total. The minimum absolute atomic E-state index is 0. The Morgan fingerprint density at radius 3 is 2.79 bits per heavy atom. The van der Waals surface area contributed by atoms with Gasteiger partial charge in [-0.05, 0) is 19.9 Å². The summed E-state index contributed by atoms with van der Waals surface area (Å²) in [4.78, 5) is 12.4. The van der Waals surface area contributed by atoms with Gasteiger partial charge >= 0.3 is 0 Å². The first-order valence-corrected chi connectivity index (χ1v) is 8.90. The Bertz CT molecular complexity index is 667. The lowest BCUT2D eigenvalue weighted by Crippen LogP contribution is -2.39. The fraction of sp³-hybridized carbons (Fsp3) is 0.500. The van der Waals surface area contributed by atoms with E-state index in [9.17, 15) is 0 Å². The van der Waals surface area contributed by atoms with Gasteiger partial charge in [0.2, 0.25) is 0 Å². The van der Waals surface area contributed by atoms with Crippen LogP contribution in [0.4, 0.5) is 0 Å². The number of aromatic nitrogens is 2. The molecule has 0 fully saturated rings. The summed E-state index contributed by atoms with van der Waals surface area (Å²) in [6, 6.07) is 1.99. The molecule has 0 unspecified atom stereocenters. The Balaban J connectivity index is 0.00000288. The third-order valence-electron chi connectivity index (χ3n) is 3.43. The first-order valence-electron chi connectivity index (χ1n) is 7.71. The molecule has 0 saturated heterocycles. The van der Waals surface area contributed by atoms with Gasteiger partial charge < -0.3 is 14.8 Å². The van der Waals surface area contributed by atoms with Crippen LogP contribution in [0.2, 0.25) is 5.02 Å². The maximum Gasteiger partial charge on any atom is 0.194 e. The fourth-order valence-corrected chi connectivity index (χ4v) is 3.33. The predicted octanol–water partition coefficient (Wildman–Crippen LogP) is 3.70. The summed E-state index contributed by atoms with van der Waals surface area (Å²) in [6.07, 6.45) is 4.71. The van der Waals surface area contributed by atoms with E-state index in [-0.39, 0.29) is 24.0 Å². The van der Waals surface area contributed by atoms with Gasteiger partial charge in [0.1, 0.15) is 0 Å². The maximum atomic E-state index is 6.05. The highest BCUT2D eigenvalue weighted by molar-refractivity contribution is 14.0. The summed E-state index contributed by atoms with van der Waals surface area (Å²) in [5.41, 5.74) is 1.15. The fourth-order valence-electron chi connectivity index (χ4n) is 2.29. The number of thiazole rings is 1. The molecule has 0 amide bonds. The number of rotatable bonds is 6. The van der Waals surface area contributed by atoms with Crippen LogP contribution in [0.5, 0.6) is 0 Å². The third kappa shape index (κ3) is 6.25. The second kappa shape index (κ2) is 10.2. The van der Waals surface area contributed by atoms with Crippen LogP contribution in [0.15, 0.2) is 23.5 Å². The Kier molecular flexibility index (Phi) is 9.07. The van der Waals surface area contributed by atoms with E-state index in [1.54, 1.807) is 11.3 Å². The summed E-state index contributed by atoms with van der Waals surface area (Å²) in [5, 5.41) is 5.24. The van der Waals surface area contributed by atoms with Crippen LogP contribution in [0.25, 0.3) is 0 Å². The molecule has 2 aromatic rings. The highest BCUT2D eigenvalue weighted by atomic mass is 127. The molecule has 0 aliphatic heterocycles. The number of guanidine groups is 1. The van der Waals surface area contributed by atoms with Gasteiger partial charge in [-0.25, -0.2) is 4.98 Å². The smallest absolute Gasteiger partial charge is 0.194 e. The van der Waals surface area contributed by atoms with Gasteiger partial charge in [-0.2, -0.15) is 0 Å². The largest absolute Gasteiger partial charge is 0.357 e. The Labute approximate surface area is 170 Å². The van der Waals surface area contributed by atoms with Crippen LogP contribution in [-0.4, -0.2) is 40.5 Å². The van der Waals surface area contributed by atoms with Crippen molar-refractivity contribution < 1.29 is 0 Å². The molecule has 0 spiro atoms. The molecule has 2 aromatic heterocycles. The summed E-state index contributed by atoms with van der Waals surface area (Å²) in [6.45, 7) is 6.48. The highest BCUT2D eigenvalue weighted by Gasteiger charge is 2.09. The average Bonchev–Trinajstić information content (AvgIpc) is 3.03.